The van der Waals surface area contributed by atoms with Crippen LogP contribution in [0.3, 0.4) is 0 Å². The first-order valence-electron chi connectivity index (χ1n) is 11.5. The van der Waals surface area contributed by atoms with Crippen LogP contribution in [0.15, 0.2) is 47.1 Å². The number of nitrogens with one attached hydrogen (secondary N) is 1. The predicted octanol–water partition coefficient (Wildman–Crippen LogP) is 5.02. The molecule has 0 bridgehead atoms. The van der Waals surface area contributed by atoms with Gasteiger partial charge in [0.15, 0.2) is 5.58 Å². The Bertz CT molecular complexity index is 1160. The molecule has 2 amide bonds. The second kappa shape index (κ2) is 8.11. The molecule has 1 aromatic carbocycles. The van der Waals surface area contributed by atoms with Crippen molar-refractivity contribution in [2.45, 2.75) is 70.0 Å². The number of benzene rings is 1. The first-order valence-corrected chi connectivity index (χ1v) is 11.5. The van der Waals surface area contributed by atoms with Gasteiger partial charge in [-0.1, -0.05) is 38.2 Å². The molecule has 1 aliphatic carbocycles. The summed E-state index contributed by atoms with van der Waals surface area (Å²) in [5.74, 6) is -1.01. The van der Waals surface area contributed by atoms with Crippen LogP contribution < -0.4 is 10.2 Å². The van der Waals surface area contributed by atoms with Gasteiger partial charge in [-0.05, 0) is 38.0 Å². The van der Waals surface area contributed by atoms with Gasteiger partial charge in [-0.15, -0.1) is 0 Å². The lowest BCUT2D eigenvalue weighted by atomic mass is 9.91. The Kier molecular flexibility index (Phi) is 5.27. The zero-order chi connectivity index (χ0) is 22.3. The van der Waals surface area contributed by atoms with Crippen LogP contribution in [0.1, 0.15) is 62.4 Å². The van der Waals surface area contributed by atoms with Gasteiger partial charge < -0.3 is 14.3 Å². The van der Waals surface area contributed by atoms with Crippen LogP contribution in [-0.2, 0) is 11.3 Å². The maximum Gasteiger partial charge on any atom is 0.276 e. The molecule has 1 saturated carbocycles. The Balaban J connectivity index is 1.55. The van der Waals surface area contributed by atoms with Crippen LogP contribution in [0.25, 0.3) is 11.1 Å². The number of halogens is 1. The Morgan fingerprint density at radius 1 is 1.12 bits per heavy atom. The van der Waals surface area contributed by atoms with E-state index in [4.69, 9.17) is 4.42 Å². The second-order valence-corrected chi connectivity index (χ2v) is 9.20. The molecule has 32 heavy (non-hydrogen) atoms. The summed E-state index contributed by atoms with van der Waals surface area (Å²) in [5.41, 5.74) is 0.951. The highest BCUT2D eigenvalue weighted by Crippen LogP contribution is 2.36. The summed E-state index contributed by atoms with van der Waals surface area (Å²) >= 11 is 0. The van der Waals surface area contributed by atoms with E-state index in [1.54, 1.807) is 37.5 Å². The largest absolute Gasteiger partial charge is 0.463 e. The molecule has 7 heteroatoms. The Labute approximate surface area is 186 Å². The lowest BCUT2D eigenvalue weighted by Gasteiger charge is -2.44. The van der Waals surface area contributed by atoms with Gasteiger partial charge in [0, 0.05) is 23.9 Å². The Hall–Kier alpha value is -3.09. The molecule has 3 aromatic rings. The van der Waals surface area contributed by atoms with Gasteiger partial charge in [-0.25, -0.2) is 4.39 Å². The number of amides is 2. The topological polar surface area (TPSA) is 67.5 Å². The summed E-state index contributed by atoms with van der Waals surface area (Å²) < 4.78 is 21.5. The molecule has 0 radical (unpaired) electrons. The number of rotatable bonds is 3. The molecule has 1 fully saturated rings. The van der Waals surface area contributed by atoms with Crippen molar-refractivity contribution in [1.29, 1.82) is 0 Å². The van der Waals surface area contributed by atoms with Crippen LogP contribution in [0.4, 0.5) is 10.1 Å². The molecule has 1 N–H and O–H groups in total. The molecule has 3 heterocycles. The molecule has 0 unspecified atom stereocenters. The molecule has 1 atom stereocenters. The highest BCUT2D eigenvalue weighted by Gasteiger charge is 2.49. The molecule has 2 aliphatic rings. The maximum absolute atomic E-state index is 14.1. The molecule has 6 nitrogen and oxygen atoms in total. The van der Waals surface area contributed by atoms with Gasteiger partial charge >= 0.3 is 0 Å². The highest BCUT2D eigenvalue weighted by molar-refractivity contribution is 6.13. The van der Waals surface area contributed by atoms with Crippen LogP contribution in [0, 0.1) is 5.82 Å². The Morgan fingerprint density at radius 2 is 1.88 bits per heavy atom. The summed E-state index contributed by atoms with van der Waals surface area (Å²) in [6.45, 7) is 2.02. The normalized spacial score (nSPS) is 22.4. The van der Waals surface area contributed by atoms with E-state index in [0.717, 1.165) is 31.2 Å². The third-order valence-electron chi connectivity index (χ3n) is 6.90. The molecular weight excluding hydrogens is 409 g/mol. The molecule has 2 aromatic heterocycles. The van der Waals surface area contributed by atoms with E-state index in [-0.39, 0.29) is 24.4 Å². The number of aromatic nitrogens is 1. The number of carbonyl (C=O) groups excluding carboxylic acids is 2. The van der Waals surface area contributed by atoms with E-state index in [2.05, 4.69) is 5.32 Å². The maximum atomic E-state index is 14.1. The summed E-state index contributed by atoms with van der Waals surface area (Å²) in [6, 6.07) is 9.45. The fraction of sp³-hybridized carbons (Fsp3) is 0.440. The summed E-state index contributed by atoms with van der Waals surface area (Å²) in [5, 5.41) is 3.23. The van der Waals surface area contributed by atoms with E-state index in [9.17, 15) is 14.0 Å². The number of nitrogens with zero attached hydrogens (tertiary/aromatic N) is 2. The molecule has 1 aliphatic heterocycles. The van der Waals surface area contributed by atoms with E-state index < -0.39 is 11.4 Å². The number of hydrogen-bond acceptors (Lipinski definition) is 3. The van der Waals surface area contributed by atoms with Crippen LogP contribution in [0.5, 0.6) is 0 Å². The van der Waals surface area contributed by atoms with Gasteiger partial charge in [0.25, 0.3) is 5.91 Å². The zero-order valence-corrected chi connectivity index (χ0v) is 18.3. The van der Waals surface area contributed by atoms with E-state index in [0.29, 0.717) is 17.0 Å². The molecule has 168 valence electrons. The van der Waals surface area contributed by atoms with Gasteiger partial charge in [0.05, 0.1) is 18.3 Å². The van der Waals surface area contributed by atoms with E-state index in [1.165, 1.54) is 36.3 Å². The van der Waals surface area contributed by atoms with Crippen molar-refractivity contribution in [3.63, 3.8) is 0 Å². The van der Waals surface area contributed by atoms with Crippen LogP contribution in [-0.4, -0.2) is 28.0 Å². The SMILES string of the molecule is C[C@@]1(C(=O)NC2CCCCCCC2)Cn2c(cc3occc32)C(=O)N1c1cccc(F)c1. The van der Waals surface area contributed by atoms with Gasteiger partial charge in [0.1, 0.15) is 17.1 Å². The lowest BCUT2D eigenvalue weighted by Crippen LogP contribution is -2.65. The minimum Gasteiger partial charge on any atom is -0.463 e. The van der Waals surface area contributed by atoms with Gasteiger partial charge in [-0.3, -0.25) is 14.5 Å². The molecule has 0 saturated heterocycles. The van der Waals surface area contributed by atoms with Crippen molar-refractivity contribution in [2.75, 3.05) is 4.90 Å². The summed E-state index contributed by atoms with van der Waals surface area (Å²) in [7, 11) is 0. The monoisotopic (exact) mass is 437 g/mol. The van der Waals surface area contributed by atoms with Crippen molar-refractivity contribution in [1.82, 2.24) is 9.88 Å². The molecule has 0 spiro atoms. The Morgan fingerprint density at radius 3 is 2.62 bits per heavy atom. The molecule has 5 rings (SSSR count). The number of furan rings is 1. The zero-order valence-electron chi connectivity index (χ0n) is 18.3. The third kappa shape index (κ3) is 3.49. The fourth-order valence-electron chi connectivity index (χ4n) is 5.17. The first-order chi connectivity index (χ1) is 15.5. The minimum absolute atomic E-state index is 0.0871. The highest BCUT2D eigenvalue weighted by atomic mass is 19.1. The average molecular weight is 438 g/mol. The number of anilines is 1. The second-order valence-electron chi connectivity index (χ2n) is 9.20. The van der Waals surface area contributed by atoms with Gasteiger partial charge in [-0.2, -0.15) is 0 Å². The first kappa shape index (κ1) is 20.8. The number of carbonyl (C=O) groups is 2. The number of fused-ring (bicyclic) bond motifs is 3. The summed E-state index contributed by atoms with van der Waals surface area (Å²) in [6.07, 6.45) is 9.25. The predicted molar refractivity (Wildman–Crippen MR) is 120 cm³/mol. The van der Waals surface area contributed by atoms with Crippen molar-refractivity contribution >= 4 is 28.6 Å². The van der Waals surface area contributed by atoms with Crippen molar-refractivity contribution in [2.24, 2.45) is 0 Å². The van der Waals surface area contributed by atoms with E-state index in [1.807, 2.05) is 4.57 Å². The van der Waals surface area contributed by atoms with Crippen LogP contribution in [0.2, 0.25) is 0 Å². The van der Waals surface area contributed by atoms with E-state index >= 15 is 0 Å². The third-order valence-corrected chi connectivity index (χ3v) is 6.90. The van der Waals surface area contributed by atoms with Gasteiger partial charge in [0.2, 0.25) is 5.91 Å². The number of hydrogen-bond donors (Lipinski definition) is 1. The van der Waals surface area contributed by atoms with Crippen molar-refractivity contribution in [3.05, 3.63) is 54.2 Å². The minimum atomic E-state index is -1.22. The quantitative estimate of drug-likeness (QED) is 0.626. The van der Waals surface area contributed by atoms with Crippen molar-refractivity contribution < 1.29 is 18.4 Å². The fourth-order valence-corrected chi connectivity index (χ4v) is 5.17. The summed E-state index contributed by atoms with van der Waals surface area (Å²) in [4.78, 5) is 28.9. The van der Waals surface area contributed by atoms with Crippen LogP contribution >= 0.6 is 0 Å². The average Bonchev–Trinajstić information content (AvgIpc) is 3.32. The van der Waals surface area contributed by atoms with Crippen molar-refractivity contribution in [3.8, 4) is 0 Å². The lowest BCUT2D eigenvalue weighted by molar-refractivity contribution is -0.127. The smallest absolute Gasteiger partial charge is 0.276 e. The molecular formula is C25H28FN3O3. The standard InChI is InChI=1S/C25H28FN3O3/c1-25(24(31)27-18-9-5-3-2-4-6-10-18)16-28-20-12-13-32-22(20)15-21(28)23(30)29(25)19-11-7-8-17(26)14-19/h7-8,11-15,18H,2-6,9-10,16H2,1H3,(H,27,31)/t25-/m0/s1.